The molecule has 7 heteroatoms. The molecule has 0 radical (unpaired) electrons. The molecule has 2 heterocycles. The van der Waals surface area contributed by atoms with Gasteiger partial charge in [0.1, 0.15) is 18.3 Å². The van der Waals surface area contributed by atoms with Gasteiger partial charge in [-0.05, 0) is 32.8 Å². The van der Waals surface area contributed by atoms with E-state index in [4.69, 9.17) is 0 Å². The van der Waals surface area contributed by atoms with Crippen molar-refractivity contribution in [3.05, 3.63) is 35.2 Å². The first-order valence-electron chi connectivity index (χ1n) is 6.81. The smallest absolute Gasteiger partial charge is 0.268 e. The van der Waals surface area contributed by atoms with Gasteiger partial charge in [0.2, 0.25) is 0 Å². The average molecular weight is 289 g/mol. The molecule has 0 saturated heterocycles. The molecule has 0 bridgehead atoms. The molecule has 2 aromatic heterocycles. The number of carbonyl (C=O) groups is 2. The van der Waals surface area contributed by atoms with Crippen LogP contribution in [0.15, 0.2) is 12.7 Å². The molecule has 0 aliphatic carbocycles. The normalized spacial score (nSPS) is 10.6. The van der Waals surface area contributed by atoms with E-state index in [0.29, 0.717) is 29.9 Å². The molecule has 2 rings (SSSR count). The molecule has 0 aromatic carbocycles. The number of hydrogen-bond acceptors (Lipinski definition) is 4. The minimum atomic E-state index is -0.193. The summed E-state index contributed by atoms with van der Waals surface area (Å²) in [7, 11) is 0. The number of amides is 1. The molecule has 1 amide bonds. The van der Waals surface area contributed by atoms with Crippen LogP contribution in [0.5, 0.6) is 0 Å². The summed E-state index contributed by atoms with van der Waals surface area (Å²) in [6.45, 7) is 6.31. The Balaban J connectivity index is 1.91. The second-order valence-corrected chi connectivity index (χ2v) is 4.95. The van der Waals surface area contributed by atoms with Crippen LogP contribution in [-0.4, -0.2) is 38.0 Å². The van der Waals surface area contributed by atoms with Crippen LogP contribution >= 0.6 is 0 Å². The van der Waals surface area contributed by atoms with Gasteiger partial charge in [0.05, 0.1) is 0 Å². The maximum atomic E-state index is 12.1. The van der Waals surface area contributed by atoms with Gasteiger partial charge < -0.3 is 10.3 Å². The maximum absolute atomic E-state index is 12.1. The Morgan fingerprint density at radius 3 is 2.71 bits per heavy atom. The summed E-state index contributed by atoms with van der Waals surface area (Å²) in [5.41, 5.74) is 2.49. The molecule has 0 aliphatic heterocycles. The molecule has 0 aliphatic rings. The fraction of sp³-hybridized carbons (Fsp3) is 0.429. The Morgan fingerprint density at radius 1 is 1.38 bits per heavy atom. The van der Waals surface area contributed by atoms with Gasteiger partial charge >= 0.3 is 0 Å². The third kappa shape index (κ3) is 3.36. The summed E-state index contributed by atoms with van der Waals surface area (Å²) < 4.78 is 1.71. The highest BCUT2D eigenvalue weighted by Crippen LogP contribution is 2.18. The number of nitrogens with one attached hydrogen (secondary N) is 2. The van der Waals surface area contributed by atoms with Gasteiger partial charge in [0.25, 0.3) is 5.91 Å². The van der Waals surface area contributed by atoms with Crippen LogP contribution in [-0.2, 0) is 6.54 Å². The minimum Gasteiger partial charge on any atom is -0.354 e. The average Bonchev–Trinajstić information content (AvgIpc) is 3.02. The van der Waals surface area contributed by atoms with Crippen molar-refractivity contribution in [2.24, 2.45) is 0 Å². The van der Waals surface area contributed by atoms with Crippen molar-refractivity contribution in [2.45, 2.75) is 33.7 Å². The number of carbonyl (C=O) groups excluding carboxylic acids is 2. The molecule has 0 spiro atoms. The predicted molar refractivity (Wildman–Crippen MR) is 77.2 cm³/mol. The number of aromatic nitrogens is 4. The Bertz CT molecular complexity index is 643. The molecule has 21 heavy (non-hydrogen) atoms. The summed E-state index contributed by atoms with van der Waals surface area (Å²) in [4.78, 5) is 30.5. The minimum absolute atomic E-state index is 0.0357. The van der Waals surface area contributed by atoms with E-state index < -0.39 is 0 Å². The highest BCUT2D eigenvalue weighted by molar-refractivity contribution is 6.02. The van der Waals surface area contributed by atoms with Crippen molar-refractivity contribution in [3.8, 4) is 0 Å². The number of aromatic amines is 1. The summed E-state index contributed by atoms with van der Waals surface area (Å²) in [5, 5.41) is 6.83. The van der Waals surface area contributed by atoms with Crippen LogP contribution in [0.3, 0.4) is 0 Å². The van der Waals surface area contributed by atoms with Gasteiger partial charge in [-0.1, -0.05) is 0 Å². The van der Waals surface area contributed by atoms with E-state index in [2.05, 4.69) is 20.4 Å². The first kappa shape index (κ1) is 15.0. The van der Waals surface area contributed by atoms with E-state index in [9.17, 15) is 9.59 Å². The number of hydrogen-bond donors (Lipinski definition) is 2. The summed E-state index contributed by atoms with van der Waals surface area (Å²) in [6, 6.07) is 0. The van der Waals surface area contributed by atoms with Crippen LogP contribution in [0, 0.1) is 13.8 Å². The van der Waals surface area contributed by atoms with Crippen molar-refractivity contribution in [1.29, 1.82) is 0 Å². The van der Waals surface area contributed by atoms with Crippen molar-refractivity contribution in [2.75, 3.05) is 6.54 Å². The van der Waals surface area contributed by atoms with Gasteiger partial charge in [0, 0.05) is 24.3 Å². The maximum Gasteiger partial charge on any atom is 0.268 e. The zero-order valence-electron chi connectivity index (χ0n) is 12.4. The lowest BCUT2D eigenvalue weighted by atomic mass is 10.1. The van der Waals surface area contributed by atoms with Crippen molar-refractivity contribution >= 4 is 11.7 Å². The molecular formula is C14H19N5O2. The largest absolute Gasteiger partial charge is 0.354 e. The van der Waals surface area contributed by atoms with E-state index in [1.165, 1.54) is 13.3 Å². The second-order valence-electron chi connectivity index (χ2n) is 4.95. The van der Waals surface area contributed by atoms with E-state index >= 15 is 0 Å². The predicted octanol–water partition coefficient (Wildman–Crippen LogP) is 1.25. The highest BCUT2D eigenvalue weighted by atomic mass is 16.2. The molecular weight excluding hydrogens is 270 g/mol. The van der Waals surface area contributed by atoms with Gasteiger partial charge in [0.15, 0.2) is 5.78 Å². The zero-order chi connectivity index (χ0) is 15.4. The molecule has 7 nitrogen and oxygen atoms in total. The second kappa shape index (κ2) is 6.34. The number of ketones is 1. The third-order valence-electron chi connectivity index (χ3n) is 3.33. The van der Waals surface area contributed by atoms with Gasteiger partial charge in [-0.15, -0.1) is 0 Å². The Hall–Kier alpha value is -2.44. The number of Topliss-reactive ketones (excluding diaryl/α,β-unsaturated/α-hetero) is 1. The van der Waals surface area contributed by atoms with E-state index in [1.54, 1.807) is 24.9 Å². The molecule has 0 atom stereocenters. The fourth-order valence-electron chi connectivity index (χ4n) is 2.38. The SMILES string of the molecule is CC(=O)c1c(C)[nH]c(C(=O)NCCCn2cncn2)c1C. The zero-order valence-corrected chi connectivity index (χ0v) is 12.4. The van der Waals surface area contributed by atoms with Crippen molar-refractivity contribution in [3.63, 3.8) is 0 Å². The molecule has 2 N–H and O–H groups in total. The lowest BCUT2D eigenvalue weighted by molar-refractivity contribution is 0.0947. The van der Waals surface area contributed by atoms with Crippen molar-refractivity contribution < 1.29 is 9.59 Å². The van der Waals surface area contributed by atoms with E-state index in [0.717, 1.165) is 12.1 Å². The number of H-pyrrole nitrogens is 1. The monoisotopic (exact) mass is 289 g/mol. The number of rotatable bonds is 6. The van der Waals surface area contributed by atoms with Crippen LogP contribution < -0.4 is 5.32 Å². The van der Waals surface area contributed by atoms with E-state index in [1.807, 2.05) is 0 Å². The number of aryl methyl sites for hydroxylation is 2. The topological polar surface area (TPSA) is 92.7 Å². The molecule has 2 aromatic rings. The summed E-state index contributed by atoms with van der Waals surface area (Å²) in [6.07, 6.45) is 3.87. The molecule has 0 saturated carbocycles. The van der Waals surface area contributed by atoms with Crippen LogP contribution in [0.2, 0.25) is 0 Å². The Morgan fingerprint density at radius 2 is 2.14 bits per heavy atom. The molecule has 112 valence electrons. The molecule has 0 unspecified atom stereocenters. The fourth-order valence-corrected chi connectivity index (χ4v) is 2.38. The quantitative estimate of drug-likeness (QED) is 0.618. The lowest BCUT2D eigenvalue weighted by Crippen LogP contribution is -2.26. The van der Waals surface area contributed by atoms with Gasteiger partial charge in [-0.25, -0.2) is 4.98 Å². The van der Waals surface area contributed by atoms with Crippen LogP contribution in [0.4, 0.5) is 0 Å². The van der Waals surface area contributed by atoms with Crippen LogP contribution in [0.1, 0.15) is 45.4 Å². The summed E-state index contributed by atoms with van der Waals surface area (Å²) >= 11 is 0. The van der Waals surface area contributed by atoms with Gasteiger partial charge in [-0.3, -0.25) is 14.3 Å². The number of nitrogens with zero attached hydrogens (tertiary/aromatic N) is 3. The lowest BCUT2D eigenvalue weighted by Gasteiger charge is -2.05. The Labute approximate surface area is 122 Å². The van der Waals surface area contributed by atoms with Gasteiger partial charge in [-0.2, -0.15) is 5.10 Å². The van der Waals surface area contributed by atoms with E-state index in [-0.39, 0.29) is 11.7 Å². The van der Waals surface area contributed by atoms with Crippen molar-refractivity contribution in [1.82, 2.24) is 25.1 Å². The first-order chi connectivity index (χ1) is 10.0. The third-order valence-corrected chi connectivity index (χ3v) is 3.33. The molecule has 0 fully saturated rings. The first-order valence-corrected chi connectivity index (χ1v) is 6.81. The Kier molecular flexibility index (Phi) is 4.52. The highest BCUT2D eigenvalue weighted by Gasteiger charge is 2.19. The van der Waals surface area contributed by atoms with Crippen LogP contribution in [0.25, 0.3) is 0 Å². The standard InChI is InChI=1S/C14H19N5O2/c1-9-12(11(3)20)10(2)18-13(9)14(21)16-5-4-6-19-8-15-7-17-19/h7-8,18H,4-6H2,1-3H3,(H,16,21). The summed E-state index contributed by atoms with van der Waals surface area (Å²) in [5.74, 6) is -0.229.